The lowest BCUT2D eigenvalue weighted by Gasteiger charge is -2.31. The molecular formula is C25H28Cl2N4O2. The third kappa shape index (κ3) is 5.75. The van der Waals surface area contributed by atoms with Crippen molar-refractivity contribution in [2.75, 3.05) is 13.1 Å². The highest BCUT2D eigenvalue weighted by molar-refractivity contribution is 6.36. The Kier molecular flexibility index (Phi) is 7.37. The number of rotatable bonds is 6. The van der Waals surface area contributed by atoms with Crippen LogP contribution in [-0.4, -0.2) is 34.0 Å². The van der Waals surface area contributed by atoms with Gasteiger partial charge in [-0.05, 0) is 81.6 Å². The van der Waals surface area contributed by atoms with Gasteiger partial charge in [0.05, 0.1) is 17.6 Å². The van der Waals surface area contributed by atoms with Crippen LogP contribution in [0.3, 0.4) is 0 Å². The Morgan fingerprint density at radius 2 is 1.91 bits per heavy atom. The summed E-state index contributed by atoms with van der Waals surface area (Å²) in [4.78, 5) is 19.5. The van der Waals surface area contributed by atoms with Crippen LogP contribution in [0.4, 0.5) is 0 Å². The minimum Gasteiger partial charge on any atom is -0.349 e. The van der Waals surface area contributed by atoms with Gasteiger partial charge in [0, 0.05) is 16.5 Å². The SMILES string of the molecule is Cc1ccc(C(C)NC(=O)C2CCN(Cc3nc(-c4ccc(Cl)cc4Cl)no3)CC2)cc1C. The van der Waals surface area contributed by atoms with Gasteiger partial charge in [0.25, 0.3) is 0 Å². The molecule has 0 aliphatic carbocycles. The van der Waals surface area contributed by atoms with Crippen LogP contribution in [0.2, 0.25) is 10.0 Å². The van der Waals surface area contributed by atoms with E-state index in [4.69, 9.17) is 27.7 Å². The lowest BCUT2D eigenvalue weighted by atomic mass is 9.95. The highest BCUT2D eigenvalue weighted by Crippen LogP contribution is 2.29. The number of hydrogen-bond acceptors (Lipinski definition) is 5. The van der Waals surface area contributed by atoms with Gasteiger partial charge in [0.2, 0.25) is 17.6 Å². The summed E-state index contributed by atoms with van der Waals surface area (Å²) in [5.41, 5.74) is 4.32. The number of benzene rings is 2. The van der Waals surface area contributed by atoms with Gasteiger partial charge >= 0.3 is 0 Å². The van der Waals surface area contributed by atoms with E-state index in [9.17, 15) is 4.79 Å². The number of piperidine rings is 1. The van der Waals surface area contributed by atoms with Crippen LogP contribution in [0.15, 0.2) is 40.9 Å². The van der Waals surface area contributed by atoms with E-state index in [1.165, 1.54) is 11.1 Å². The van der Waals surface area contributed by atoms with Gasteiger partial charge in [-0.15, -0.1) is 0 Å². The number of aryl methyl sites for hydroxylation is 2. The molecule has 0 bridgehead atoms. The maximum Gasteiger partial charge on any atom is 0.241 e. The highest BCUT2D eigenvalue weighted by atomic mass is 35.5. The average molecular weight is 487 g/mol. The lowest BCUT2D eigenvalue weighted by Crippen LogP contribution is -2.41. The monoisotopic (exact) mass is 486 g/mol. The minimum absolute atomic E-state index is 0.00802. The second kappa shape index (κ2) is 10.2. The molecular weight excluding hydrogens is 459 g/mol. The zero-order chi connectivity index (χ0) is 23.5. The van der Waals surface area contributed by atoms with Gasteiger partial charge in [-0.1, -0.05) is 46.6 Å². The summed E-state index contributed by atoms with van der Waals surface area (Å²) in [6, 6.07) is 11.5. The predicted octanol–water partition coefficient (Wildman–Crippen LogP) is 5.75. The zero-order valence-electron chi connectivity index (χ0n) is 19.1. The quantitative estimate of drug-likeness (QED) is 0.480. The van der Waals surface area contributed by atoms with Crippen LogP contribution in [-0.2, 0) is 11.3 Å². The highest BCUT2D eigenvalue weighted by Gasteiger charge is 2.27. The van der Waals surface area contributed by atoms with Crippen LogP contribution in [0.1, 0.15) is 48.4 Å². The topological polar surface area (TPSA) is 71.3 Å². The Morgan fingerprint density at radius 1 is 1.15 bits per heavy atom. The second-order valence-electron chi connectivity index (χ2n) is 8.76. The van der Waals surface area contributed by atoms with E-state index in [0.29, 0.717) is 33.9 Å². The number of amides is 1. The molecule has 0 radical (unpaired) electrons. The molecule has 0 saturated carbocycles. The minimum atomic E-state index is -0.00802. The molecule has 0 spiro atoms. The maximum atomic E-state index is 12.8. The Labute approximate surface area is 204 Å². The molecule has 174 valence electrons. The first-order valence-corrected chi connectivity index (χ1v) is 11.9. The van der Waals surface area contributed by atoms with Crippen LogP contribution in [0, 0.1) is 19.8 Å². The first-order chi connectivity index (χ1) is 15.8. The van der Waals surface area contributed by atoms with Crippen molar-refractivity contribution in [1.82, 2.24) is 20.4 Å². The molecule has 6 nitrogen and oxygen atoms in total. The van der Waals surface area contributed by atoms with Crippen LogP contribution < -0.4 is 5.32 Å². The van der Waals surface area contributed by atoms with Crippen molar-refractivity contribution >= 4 is 29.1 Å². The third-order valence-electron chi connectivity index (χ3n) is 6.35. The number of hydrogen-bond donors (Lipinski definition) is 1. The van der Waals surface area contributed by atoms with Crippen molar-refractivity contribution < 1.29 is 9.32 Å². The summed E-state index contributed by atoms with van der Waals surface area (Å²) in [6.45, 7) is 8.38. The smallest absolute Gasteiger partial charge is 0.241 e. The summed E-state index contributed by atoms with van der Waals surface area (Å²) in [5, 5.41) is 8.28. The number of aromatic nitrogens is 2. The molecule has 1 N–H and O–H groups in total. The van der Waals surface area contributed by atoms with Gasteiger partial charge < -0.3 is 9.84 Å². The van der Waals surface area contributed by atoms with Crippen LogP contribution in [0.25, 0.3) is 11.4 Å². The summed E-state index contributed by atoms with van der Waals surface area (Å²) < 4.78 is 5.43. The molecule has 1 aliphatic heterocycles. The van der Waals surface area contributed by atoms with E-state index < -0.39 is 0 Å². The van der Waals surface area contributed by atoms with E-state index >= 15 is 0 Å². The molecule has 1 saturated heterocycles. The number of halogens is 2. The van der Waals surface area contributed by atoms with Crippen LogP contribution in [0.5, 0.6) is 0 Å². The van der Waals surface area contributed by atoms with Crippen molar-refractivity contribution in [3.05, 3.63) is 69.0 Å². The van der Waals surface area contributed by atoms with Gasteiger partial charge in [-0.25, -0.2) is 0 Å². The summed E-state index contributed by atoms with van der Waals surface area (Å²) in [7, 11) is 0. The third-order valence-corrected chi connectivity index (χ3v) is 6.89. The van der Waals surface area contributed by atoms with Gasteiger partial charge in [-0.2, -0.15) is 4.98 Å². The number of nitrogens with zero attached hydrogens (tertiary/aromatic N) is 3. The molecule has 1 unspecified atom stereocenters. The van der Waals surface area contributed by atoms with E-state index in [2.05, 4.69) is 52.4 Å². The molecule has 1 aliphatic rings. The van der Waals surface area contributed by atoms with Crippen molar-refractivity contribution in [1.29, 1.82) is 0 Å². The number of nitrogens with one attached hydrogen (secondary N) is 1. The molecule has 1 fully saturated rings. The zero-order valence-corrected chi connectivity index (χ0v) is 20.6. The van der Waals surface area contributed by atoms with Crippen molar-refractivity contribution in [2.24, 2.45) is 5.92 Å². The van der Waals surface area contributed by atoms with Crippen molar-refractivity contribution in [2.45, 2.75) is 46.2 Å². The molecule has 2 heterocycles. The predicted molar refractivity (Wildman–Crippen MR) is 130 cm³/mol. The normalized spacial score (nSPS) is 16.0. The van der Waals surface area contributed by atoms with Gasteiger partial charge in [0.15, 0.2) is 0 Å². The molecule has 33 heavy (non-hydrogen) atoms. The summed E-state index contributed by atoms with van der Waals surface area (Å²) in [5.74, 6) is 1.11. The Morgan fingerprint density at radius 3 is 2.61 bits per heavy atom. The fraction of sp³-hybridized carbons (Fsp3) is 0.400. The van der Waals surface area contributed by atoms with Gasteiger partial charge in [-0.3, -0.25) is 9.69 Å². The van der Waals surface area contributed by atoms with Crippen molar-refractivity contribution in [3.8, 4) is 11.4 Å². The average Bonchev–Trinajstić information content (AvgIpc) is 3.24. The summed E-state index contributed by atoms with van der Waals surface area (Å²) >= 11 is 12.2. The molecule has 1 atom stereocenters. The van der Waals surface area contributed by atoms with Crippen molar-refractivity contribution in [3.63, 3.8) is 0 Å². The standard InChI is InChI=1S/C25H28Cl2N4O2/c1-15-4-5-19(12-16(15)2)17(3)28-25(32)18-8-10-31(11-9-18)14-23-29-24(30-33-23)21-7-6-20(26)13-22(21)27/h4-7,12-13,17-18H,8-11,14H2,1-3H3,(H,28,32). The molecule has 8 heteroatoms. The lowest BCUT2D eigenvalue weighted by molar-refractivity contribution is -0.127. The van der Waals surface area contributed by atoms with E-state index in [-0.39, 0.29) is 17.9 Å². The van der Waals surface area contributed by atoms with E-state index in [0.717, 1.165) is 31.5 Å². The van der Waals surface area contributed by atoms with Crippen LogP contribution >= 0.6 is 23.2 Å². The second-order valence-corrected chi connectivity index (χ2v) is 9.60. The first-order valence-electron chi connectivity index (χ1n) is 11.2. The van der Waals surface area contributed by atoms with E-state index in [1.54, 1.807) is 18.2 Å². The molecule has 1 aromatic heterocycles. The fourth-order valence-electron chi connectivity index (χ4n) is 4.09. The molecule has 1 amide bonds. The number of carbonyl (C=O) groups is 1. The van der Waals surface area contributed by atoms with Gasteiger partial charge in [0.1, 0.15) is 0 Å². The Hall–Kier alpha value is -2.41. The number of likely N-dealkylation sites (tertiary alicyclic amines) is 1. The fourth-order valence-corrected chi connectivity index (χ4v) is 4.59. The molecule has 3 aromatic rings. The first kappa shape index (κ1) is 23.7. The maximum absolute atomic E-state index is 12.8. The molecule has 4 rings (SSSR count). The Balaban J connectivity index is 1.29. The largest absolute Gasteiger partial charge is 0.349 e. The molecule has 2 aromatic carbocycles. The number of carbonyl (C=O) groups excluding carboxylic acids is 1. The van der Waals surface area contributed by atoms with E-state index in [1.807, 2.05) is 6.92 Å². The Bertz CT molecular complexity index is 1140. The summed E-state index contributed by atoms with van der Waals surface area (Å²) in [6.07, 6.45) is 1.60.